The van der Waals surface area contributed by atoms with E-state index in [1.54, 1.807) is 0 Å². The predicted molar refractivity (Wildman–Crippen MR) is 75.3 cm³/mol. The molecule has 5 nitrogen and oxygen atoms in total. The summed E-state index contributed by atoms with van der Waals surface area (Å²) in [6.45, 7) is 2.85. The van der Waals surface area contributed by atoms with E-state index in [0.29, 0.717) is 0 Å². The minimum absolute atomic E-state index is 0.0454. The Labute approximate surface area is 114 Å². The van der Waals surface area contributed by atoms with Gasteiger partial charge in [-0.3, -0.25) is 14.6 Å². The van der Waals surface area contributed by atoms with Crippen molar-refractivity contribution in [1.29, 1.82) is 0 Å². The van der Waals surface area contributed by atoms with Crippen molar-refractivity contribution in [2.75, 3.05) is 7.05 Å². The molecule has 19 heavy (non-hydrogen) atoms. The molecule has 102 valence electrons. The monoisotopic (exact) mass is 259 g/mol. The van der Waals surface area contributed by atoms with E-state index in [1.165, 1.54) is 11.1 Å². The quantitative estimate of drug-likeness (QED) is 0.880. The molecule has 2 unspecified atom stereocenters. The number of hydrogen-bond acceptors (Lipinski definition) is 4. The number of nitrogens with zero attached hydrogens (tertiary/aromatic N) is 4. The number of aryl methyl sites for hydroxylation is 1. The van der Waals surface area contributed by atoms with Crippen molar-refractivity contribution >= 4 is 0 Å². The zero-order valence-electron chi connectivity index (χ0n) is 11.7. The van der Waals surface area contributed by atoms with Gasteiger partial charge in [0.1, 0.15) is 0 Å². The first-order chi connectivity index (χ1) is 9.08. The number of pyridine rings is 1. The maximum Gasteiger partial charge on any atom is 0.0534 e. The van der Waals surface area contributed by atoms with Crippen molar-refractivity contribution in [3.8, 4) is 0 Å². The summed E-state index contributed by atoms with van der Waals surface area (Å²) in [4.78, 5) is 6.31. The lowest BCUT2D eigenvalue weighted by atomic mass is 10.0. The van der Waals surface area contributed by atoms with Gasteiger partial charge in [-0.2, -0.15) is 5.10 Å². The van der Waals surface area contributed by atoms with Crippen LogP contribution in [0, 0.1) is 0 Å². The van der Waals surface area contributed by atoms with Gasteiger partial charge in [-0.05, 0) is 31.7 Å². The lowest BCUT2D eigenvalue weighted by Crippen LogP contribution is -2.36. The second-order valence-electron chi connectivity index (χ2n) is 5.02. The largest absolute Gasteiger partial charge is 0.326 e. The SMILES string of the molecule is CC(N)C(c1ccncc1)N(C)Cc1cnn(C)c1. The van der Waals surface area contributed by atoms with Crippen LogP contribution in [0.25, 0.3) is 0 Å². The Bertz CT molecular complexity index is 506. The van der Waals surface area contributed by atoms with E-state index in [2.05, 4.69) is 22.0 Å². The van der Waals surface area contributed by atoms with E-state index in [0.717, 1.165) is 6.54 Å². The molecule has 0 radical (unpaired) electrons. The number of nitrogens with two attached hydrogens (primary N) is 1. The van der Waals surface area contributed by atoms with Crippen molar-refractivity contribution in [3.05, 3.63) is 48.0 Å². The van der Waals surface area contributed by atoms with Gasteiger partial charge < -0.3 is 5.73 Å². The van der Waals surface area contributed by atoms with Crippen LogP contribution in [0.2, 0.25) is 0 Å². The summed E-state index contributed by atoms with van der Waals surface area (Å²) in [7, 11) is 4.01. The third-order valence-corrected chi connectivity index (χ3v) is 3.21. The van der Waals surface area contributed by atoms with Crippen LogP contribution < -0.4 is 5.73 Å². The second-order valence-corrected chi connectivity index (χ2v) is 5.02. The molecule has 0 aliphatic rings. The van der Waals surface area contributed by atoms with Gasteiger partial charge in [0.2, 0.25) is 0 Å². The Balaban J connectivity index is 2.15. The standard InChI is InChI=1S/C14H21N5/c1-11(15)14(13-4-6-16-7-5-13)18(2)9-12-8-17-19(3)10-12/h4-8,10-11,14H,9,15H2,1-3H3. The van der Waals surface area contributed by atoms with E-state index >= 15 is 0 Å². The Kier molecular flexibility index (Phi) is 4.29. The molecule has 2 N–H and O–H groups in total. The fraction of sp³-hybridized carbons (Fsp3) is 0.429. The van der Waals surface area contributed by atoms with Gasteiger partial charge in [0.25, 0.3) is 0 Å². The Morgan fingerprint density at radius 3 is 2.58 bits per heavy atom. The van der Waals surface area contributed by atoms with Gasteiger partial charge >= 0.3 is 0 Å². The second kappa shape index (κ2) is 5.95. The van der Waals surface area contributed by atoms with E-state index in [1.807, 2.05) is 55.6 Å². The average molecular weight is 259 g/mol. The van der Waals surface area contributed by atoms with E-state index in [4.69, 9.17) is 5.73 Å². The topological polar surface area (TPSA) is 60.0 Å². The molecule has 2 aromatic heterocycles. The molecule has 0 aromatic carbocycles. The molecule has 0 aliphatic heterocycles. The van der Waals surface area contributed by atoms with Crippen molar-refractivity contribution in [2.45, 2.75) is 25.6 Å². The van der Waals surface area contributed by atoms with Gasteiger partial charge in [0.05, 0.1) is 6.20 Å². The Hall–Kier alpha value is -1.72. The van der Waals surface area contributed by atoms with Gasteiger partial charge in [0.15, 0.2) is 0 Å². The zero-order chi connectivity index (χ0) is 13.8. The molecule has 0 saturated carbocycles. The maximum atomic E-state index is 6.15. The minimum atomic E-state index is 0.0454. The van der Waals surface area contributed by atoms with Crippen LogP contribution in [0.4, 0.5) is 0 Å². The van der Waals surface area contributed by atoms with Crippen molar-refractivity contribution in [2.24, 2.45) is 12.8 Å². The summed E-state index contributed by atoms with van der Waals surface area (Å²) in [6.07, 6.45) is 7.54. The Morgan fingerprint density at radius 1 is 1.37 bits per heavy atom. The summed E-state index contributed by atoms with van der Waals surface area (Å²) in [5, 5.41) is 4.20. The molecular formula is C14H21N5. The van der Waals surface area contributed by atoms with Crippen LogP contribution in [0.15, 0.2) is 36.9 Å². The van der Waals surface area contributed by atoms with E-state index in [-0.39, 0.29) is 12.1 Å². The summed E-state index contributed by atoms with van der Waals surface area (Å²) in [5.41, 5.74) is 8.52. The highest BCUT2D eigenvalue weighted by Gasteiger charge is 2.21. The van der Waals surface area contributed by atoms with Gasteiger partial charge in [-0.15, -0.1) is 0 Å². The van der Waals surface area contributed by atoms with Crippen molar-refractivity contribution < 1.29 is 0 Å². The molecule has 0 aliphatic carbocycles. The van der Waals surface area contributed by atoms with Crippen LogP contribution in [-0.4, -0.2) is 32.8 Å². The normalized spacial score (nSPS) is 14.6. The highest BCUT2D eigenvalue weighted by molar-refractivity contribution is 5.17. The molecule has 5 heteroatoms. The molecule has 2 atom stereocenters. The smallest absolute Gasteiger partial charge is 0.0534 e. The molecule has 0 spiro atoms. The molecule has 2 heterocycles. The first-order valence-electron chi connectivity index (χ1n) is 6.41. The van der Waals surface area contributed by atoms with Crippen molar-refractivity contribution in [1.82, 2.24) is 19.7 Å². The summed E-state index contributed by atoms with van der Waals surface area (Å²) in [6, 6.07) is 4.26. The molecule has 0 amide bonds. The van der Waals surface area contributed by atoms with Crippen LogP contribution in [0.5, 0.6) is 0 Å². The molecule has 2 rings (SSSR count). The van der Waals surface area contributed by atoms with Gasteiger partial charge in [0, 0.05) is 49.8 Å². The highest BCUT2D eigenvalue weighted by Crippen LogP contribution is 2.23. The fourth-order valence-electron chi connectivity index (χ4n) is 2.46. The average Bonchev–Trinajstić information content (AvgIpc) is 2.75. The fourth-order valence-corrected chi connectivity index (χ4v) is 2.46. The van der Waals surface area contributed by atoms with Crippen LogP contribution in [0.3, 0.4) is 0 Å². The first kappa shape index (κ1) is 13.7. The van der Waals surface area contributed by atoms with Crippen LogP contribution in [-0.2, 0) is 13.6 Å². The van der Waals surface area contributed by atoms with E-state index in [9.17, 15) is 0 Å². The van der Waals surface area contributed by atoms with Gasteiger partial charge in [-0.25, -0.2) is 0 Å². The highest BCUT2D eigenvalue weighted by atomic mass is 15.2. The molecule has 0 bridgehead atoms. The van der Waals surface area contributed by atoms with E-state index < -0.39 is 0 Å². The zero-order valence-corrected chi connectivity index (χ0v) is 11.7. The molecular weight excluding hydrogens is 238 g/mol. The summed E-state index contributed by atoms with van der Waals surface area (Å²) >= 11 is 0. The lowest BCUT2D eigenvalue weighted by Gasteiger charge is -2.31. The number of rotatable bonds is 5. The molecule has 2 aromatic rings. The molecule has 0 saturated heterocycles. The predicted octanol–water partition coefficient (Wildman–Crippen LogP) is 1.34. The number of hydrogen-bond donors (Lipinski definition) is 1. The summed E-state index contributed by atoms with van der Waals surface area (Å²) in [5.74, 6) is 0. The first-order valence-corrected chi connectivity index (χ1v) is 6.41. The minimum Gasteiger partial charge on any atom is -0.326 e. The lowest BCUT2D eigenvalue weighted by molar-refractivity contribution is 0.211. The molecule has 0 fully saturated rings. The van der Waals surface area contributed by atoms with Crippen LogP contribution >= 0.6 is 0 Å². The summed E-state index contributed by atoms with van der Waals surface area (Å²) < 4.78 is 1.82. The number of likely N-dealkylation sites (N-methyl/N-ethyl adjacent to an activating group) is 1. The maximum absolute atomic E-state index is 6.15. The third-order valence-electron chi connectivity index (χ3n) is 3.21. The third kappa shape index (κ3) is 3.39. The number of aromatic nitrogens is 3. The van der Waals surface area contributed by atoms with Gasteiger partial charge in [-0.1, -0.05) is 0 Å². The van der Waals surface area contributed by atoms with Crippen LogP contribution in [0.1, 0.15) is 24.1 Å². The van der Waals surface area contributed by atoms with Crippen molar-refractivity contribution in [3.63, 3.8) is 0 Å². The Morgan fingerprint density at radius 2 is 2.05 bits per heavy atom.